The summed E-state index contributed by atoms with van der Waals surface area (Å²) in [4.78, 5) is 8.32. The first-order valence-corrected chi connectivity index (χ1v) is 6.05. The lowest BCUT2D eigenvalue weighted by Gasteiger charge is -2.02. The molecule has 3 nitrogen and oxygen atoms in total. The Morgan fingerprint density at radius 3 is 3.00 bits per heavy atom. The fraction of sp³-hybridized carbons (Fsp3) is 0.200. The van der Waals surface area contributed by atoms with Gasteiger partial charge in [0.2, 0.25) is 0 Å². The minimum atomic E-state index is 0.497. The molecule has 5 heteroatoms. The number of halogens is 1. The van der Waals surface area contributed by atoms with Gasteiger partial charge in [-0.05, 0) is 28.9 Å². The van der Waals surface area contributed by atoms with Crippen LogP contribution in [-0.2, 0) is 6.61 Å². The van der Waals surface area contributed by atoms with Crippen LogP contribution in [0.2, 0.25) is 0 Å². The van der Waals surface area contributed by atoms with E-state index in [0.717, 1.165) is 20.9 Å². The van der Waals surface area contributed by atoms with Crippen molar-refractivity contribution in [2.45, 2.75) is 13.5 Å². The number of hydrogen-bond acceptors (Lipinski definition) is 4. The minimum absolute atomic E-state index is 0.497. The van der Waals surface area contributed by atoms with Gasteiger partial charge in [0.25, 0.3) is 0 Å². The van der Waals surface area contributed by atoms with Crippen LogP contribution in [0.1, 0.15) is 10.7 Å². The van der Waals surface area contributed by atoms with E-state index in [-0.39, 0.29) is 0 Å². The van der Waals surface area contributed by atoms with E-state index in [2.05, 4.69) is 25.9 Å². The molecule has 0 saturated carbocycles. The van der Waals surface area contributed by atoms with Gasteiger partial charge in [-0.1, -0.05) is 0 Å². The van der Waals surface area contributed by atoms with E-state index >= 15 is 0 Å². The zero-order chi connectivity index (χ0) is 10.7. The first kappa shape index (κ1) is 10.6. The summed E-state index contributed by atoms with van der Waals surface area (Å²) in [5.74, 6) is 0.747. The van der Waals surface area contributed by atoms with Crippen molar-refractivity contribution in [2.75, 3.05) is 0 Å². The highest BCUT2D eigenvalue weighted by Gasteiger charge is 2.00. The molecule has 0 amide bonds. The molecule has 0 spiro atoms. The van der Waals surface area contributed by atoms with Crippen molar-refractivity contribution in [3.8, 4) is 5.75 Å². The number of aromatic nitrogens is 2. The maximum absolute atomic E-state index is 5.54. The van der Waals surface area contributed by atoms with Gasteiger partial charge >= 0.3 is 0 Å². The first-order valence-electron chi connectivity index (χ1n) is 4.38. The van der Waals surface area contributed by atoms with Crippen LogP contribution >= 0.6 is 27.3 Å². The molecule has 0 fully saturated rings. The Labute approximate surface area is 100 Å². The van der Waals surface area contributed by atoms with Crippen molar-refractivity contribution in [1.82, 2.24) is 9.97 Å². The Morgan fingerprint density at radius 1 is 1.47 bits per heavy atom. The van der Waals surface area contributed by atoms with E-state index in [4.69, 9.17) is 4.74 Å². The summed E-state index contributed by atoms with van der Waals surface area (Å²) in [6, 6.07) is 1.88. The smallest absolute Gasteiger partial charge is 0.140 e. The Hall–Kier alpha value is -0.940. The fourth-order valence-electron chi connectivity index (χ4n) is 1.09. The van der Waals surface area contributed by atoms with Gasteiger partial charge in [-0.3, -0.25) is 4.98 Å². The number of hydrogen-bond donors (Lipinski definition) is 0. The van der Waals surface area contributed by atoms with E-state index in [0.29, 0.717) is 6.61 Å². The van der Waals surface area contributed by atoms with Crippen molar-refractivity contribution >= 4 is 27.3 Å². The molecule has 2 rings (SSSR count). The summed E-state index contributed by atoms with van der Waals surface area (Å²) in [5, 5.41) is 2.99. The number of aryl methyl sites for hydroxylation is 1. The molecule has 0 aliphatic rings. The van der Waals surface area contributed by atoms with Crippen LogP contribution in [0.15, 0.2) is 28.3 Å². The highest BCUT2D eigenvalue weighted by Crippen LogP contribution is 2.18. The Bertz CT molecular complexity index is 458. The molecule has 0 aliphatic carbocycles. The van der Waals surface area contributed by atoms with Crippen molar-refractivity contribution in [2.24, 2.45) is 0 Å². The molecule has 0 bridgehead atoms. The second-order valence-electron chi connectivity index (χ2n) is 3.01. The predicted octanol–water partition coefficient (Wildman–Crippen LogP) is 3.19. The summed E-state index contributed by atoms with van der Waals surface area (Å²) >= 11 is 4.94. The Kier molecular flexibility index (Phi) is 3.33. The third kappa shape index (κ3) is 3.00. The van der Waals surface area contributed by atoms with Crippen LogP contribution in [0, 0.1) is 6.92 Å². The Morgan fingerprint density at radius 2 is 2.33 bits per heavy atom. The van der Waals surface area contributed by atoms with Crippen LogP contribution < -0.4 is 4.74 Å². The summed E-state index contributed by atoms with van der Waals surface area (Å²) in [5.41, 5.74) is 1.03. The highest BCUT2D eigenvalue weighted by atomic mass is 79.9. The van der Waals surface area contributed by atoms with Crippen molar-refractivity contribution in [3.63, 3.8) is 0 Å². The van der Waals surface area contributed by atoms with Gasteiger partial charge in [0, 0.05) is 21.7 Å². The molecule has 0 saturated heterocycles. The first-order chi connectivity index (χ1) is 7.24. The zero-order valence-corrected chi connectivity index (χ0v) is 10.5. The van der Waals surface area contributed by atoms with E-state index in [1.807, 2.05) is 18.4 Å². The maximum Gasteiger partial charge on any atom is 0.140 e. The topological polar surface area (TPSA) is 35.0 Å². The lowest BCUT2D eigenvalue weighted by Crippen LogP contribution is -1.95. The van der Waals surface area contributed by atoms with Crippen LogP contribution in [0.3, 0.4) is 0 Å². The minimum Gasteiger partial charge on any atom is -0.485 e. The van der Waals surface area contributed by atoms with Gasteiger partial charge in [-0.25, -0.2) is 4.98 Å². The van der Waals surface area contributed by atoms with Crippen molar-refractivity contribution in [3.05, 3.63) is 39.0 Å². The molecule has 2 heterocycles. The SMILES string of the molecule is Cc1csc(COc2cncc(Br)c2)n1. The second kappa shape index (κ2) is 4.72. The monoisotopic (exact) mass is 284 g/mol. The van der Waals surface area contributed by atoms with Crippen LogP contribution in [0.25, 0.3) is 0 Å². The molecule has 15 heavy (non-hydrogen) atoms. The third-order valence-corrected chi connectivity index (χ3v) is 3.08. The molecule has 0 radical (unpaired) electrons. The van der Waals surface area contributed by atoms with Crippen molar-refractivity contribution < 1.29 is 4.74 Å². The number of thiazole rings is 1. The molecular formula is C10H9BrN2OS. The van der Waals surface area contributed by atoms with Gasteiger partial charge in [0.1, 0.15) is 17.4 Å². The lowest BCUT2D eigenvalue weighted by molar-refractivity contribution is 0.304. The molecule has 0 aromatic carbocycles. The third-order valence-electron chi connectivity index (χ3n) is 1.71. The average Bonchev–Trinajstić information content (AvgIpc) is 2.62. The quantitative estimate of drug-likeness (QED) is 0.868. The molecular weight excluding hydrogens is 276 g/mol. The Balaban J connectivity index is 1.99. The predicted molar refractivity (Wildman–Crippen MR) is 63.1 cm³/mol. The molecule has 2 aromatic rings. The van der Waals surface area contributed by atoms with Gasteiger partial charge in [0.05, 0.1) is 6.20 Å². The van der Waals surface area contributed by atoms with Gasteiger partial charge in [-0.2, -0.15) is 0 Å². The van der Waals surface area contributed by atoms with Crippen LogP contribution in [0.4, 0.5) is 0 Å². The van der Waals surface area contributed by atoms with E-state index < -0.39 is 0 Å². The number of nitrogens with zero attached hydrogens (tertiary/aromatic N) is 2. The van der Waals surface area contributed by atoms with Crippen LogP contribution in [-0.4, -0.2) is 9.97 Å². The molecule has 2 aromatic heterocycles. The van der Waals surface area contributed by atoms with E-state index in [9.17, 15) is 0 Å². The van der Waals surface area contributed by atoms with Gasteiger partial charge in [-0.15, -0.1) is 11.3 Å². The summed E-state index contributed by atoms with van der Waals surface area (Å²) in [7, 11) is 0. The summed E-state index contributed by atoms with van der Waals surface area (Å²) < 4.78 is 6.45. The maximum atomic E-state index is 5.54. The van der Waals surface area contributed by atoms with Crippen LogP contribution in [0.5, 0.6) is 5.75 Å². The van der Waals surface area contributed by atoms with Crippen molar-refractivity contribution in [1.29, 1.82) is 0 Å². The average molecular weight is 285 g/mol. The summed E-state index contributed by atoms with van der Waals surface area (Å²) in [6.07, 6.45) is 3.41. The fourth-order valence-corrected chi connectivity index (χ4v) is 2.11. The largest absolute Gasteiger partial charge is 0.485 e. The number of rotatable bonds is 3. The van der Waals surface area contributed by atoms with E-state index in [1.54, 1.807) is 23.7 Å². The number of ether oxygens (including phenoxy) is 1. The molecule has 0 unspecified atom stereocenters. The lowest BCUT2D eigenvalue weighted by atomic mass is 10.5. The zero-order valence-electron chi connectivity index (χ0n) is 8.11. The molecule has 0 aliphatic heterocycles. The summed E-state index contributed by atoms with van der Waals surface area (Å²) in [6.45, 7) is 2.47. The second-order valence-corrected chi connectivity index (χ2v) is 4.87. The normalized spacial score (nSPS) is 10.3. The standard InChI is InChI=1S/C10H9BrN2OS/c1-7-6-15-10(13-7)5-14-9-2-8(11)3-12-4-9/h2-4,6H,5H2,1H3. The van der Waals surface area contributed by atoms with Gasteiger partial charge in [0.15, 0.2) is 0 Å². The highest BCUT2D eigenvalue weighted by molar-refractivity contribution is 9.10. The molecule has 78 valence electrons. The molecule has 0 N–H and O–H groups in total. The number of pyridine rings is 1. The van der Waals surface area contributed by atoms with Gasteiger partial charge < -0.3 is 4.74 Å². The molecule has 0 atom stereocenters. The van der Waals surface area contributed by atoms with E-state index in [1.165, 1.54) is 0 Å².